The zero-order valence-corrected chi connectivity index (χ0v) is 27.0. The number of aldehydes is 1. The molecule has 13 N–H and O–H groups in total. The number of carbonyl (C=O) groups is 8. The molecule has 0 bridgehead atoms. The van der Waals surface area contributed by atoms with Crippen LogP contribution in [-0.2, 0) is 38.3 Å². The van der Waals surface area contributed by atoms with Crippen molar-refractivity contribution in [1.82, 2.24) is 36.9 Å². The normalized spacial score (nSPS) is 13.3. The van der Waals surface area contributed by atoms with E-state index in [0.29, 0.717) is 19.4 Å². The highest BCUT2D eigenvalue weighted by atomic mass is 32.1. The molecule has 270 valence electrons. The Labute approximate surface area is 280 Å². The lowest BCUT2D eigenvalue weighted by Gasteiger charge is -2.24. The van der Waals surface area contributed by atoms with Crippen LogP contribution in [0.4, 0.5) is 4.79 Å². The number of carboxylic acids is 3. The van der Waals surface area contributed by atoms with E-state index < -0.39 is 85.2 Å². The van der Waals surface area contributed by atoms with Crippen LogP contribution < -0.4 is 43.5 Å². The van der Waals surface area contributed by atoms with Gasteiger partial charge in [0.15, 0.2) is 0 Å². The van der Waals surface area contributed by atoms with Crippen molar-refractivity contribution in [2.75, 3.05) is 33.3 Å². The molecule has 4 atom stereocenters. The zero-order valence-electron chi connectivity index (χ0n) is 26.1. The highest BCUT2D eigenvalue weighted by molar-refractivity contribution is 7.78. The van der Waals surface area contributed by atoms with Crippen molar-refractivity contribution in [1.29, 1.82) is 0 Å². The van der Waals surface area contributed by atoms with Gasteiger partial charge in [0.1, 0.15) is 18.4 Å². The first-order valence-corrected chi connectivity index (χ1v) is 14.8. The molecule has 0 radical (unpaired) electrons. The van der Waals surface area contributed by atoms with E-state index in [-0.39, 0.29) is 38.1 Å². The van der Waals surface area contributed by atoms with Crippen LogP contribution in [0.5, 0.6) is 0 Å². The fraction of sp³-hybridized carbons (Fsp3) is 0.577. The third-order valence-corrected chi connectivity index (χ3v) is 6.23. The number of ether oxygens (including phenoxy) is 1. The van der Waals surface area contributed by atoms with Crippen molar-refractivity contribution < 1.29 is 58.4 Å². The fourth-order valence-electron chi connectivity index (χ4n) is 3.71. The second-order valence-electron chi connectivity index (χ2n) is 9.98. The number of nitrogens with two attached hydrogens (primary N) is 2. The summed E-state index contributed by atoms with van der Waals surface area (Å²) in [7, 11) is 1.26. The minimum absolute atomic E-state index is 0.0263. The maximum absolute atomic E-state index is 12.9. The lowest BCUT2D eigenvalue weighted by Crippen LogP contribution is -2.57. The molecule has 0 spiro atoms. The number of carbonyl (C=O) groups excluding carboxylic acids is 5. The highest BCUT2D eigenvalue weighted by Gasteiger charge is 2.32. The van der Waals surface area contributed by atoms with Crippen LogP contribution in [0, 0.1) is 0 Å². The third-order valence-electron chi connectivity index (χ3n) is 6.07. The van der Waals surface area contributed by atoms with E-state index >= 15 is 0 Å². The average molecular weight is 706 g/mol. The van der Waals surface area contributed by atoms with Gasteiger partial charge in [-0.3, -0.25) is 28.8 Å². The van der Waals surface area contributed by atoms with Gasteiger partial charge in [0.25, 0.3) is 0 Å². The van der Waals surface area contributed by atoms with Gasteiger partial charge < -0.3 is 67.5 Å². The van der Waals surface area contributed by atoms with Crippen LogP contribution >= 0.6 is 12.2 Å². The van der Waals surface area contributed by atoms with E-state index in [1.54, 1.807) is 0 Å². The molecule has 22 heteroatoms. The molecule has 0 saturated heterocycles. The minimum atomic E-state index is -1.81. The maximum atomic E-state index is 12.9. The zero-order chi connectivity index (χ0) is 36.6. The molecule has 0 saturated carbocycles. The monoisotopic (exact) mass is 705 g/mol. The van der Waals surface area contributed by atoms with Gasteiger partial charge in [0, 0.05) is 38.0 Å². The summed E-state index contributed by atoms with van der Waals surface area (Å²) < 4.78 is 4.98. The van der Waals surface area contributed by atoms with Crippen molar-refractivity contribution in [3.63, 3.8) is 0 Å². The van der Waals surface area contributed by atoms with Gasteiger partial charge in [0.05, 0.1) is 43.4 Å². The second-order valence-corrected chi connectivity index (χ2v) is 10.2. The Morgan fingerprint density at radius 1 is 0.854 bits per heavy atom. The quantitative estimate of drug-likeness (QED) is 0.0134. The van der Waals surface area contributed by atoms with Gasteiger partial charge >= 0.3 is 24.0 Å². The maximum Gasteiger partial charge on any atom is 0.407 e. The van der Waals surface area contributed by atoms with E-state index in [9.17, 15) is 48.6 Å². The van der Waals surface area contributed by atoms with Crippen molar-refractivity contribution >= 4 is 65.7 Å². The number of hydrazine groups is 1. The Morgan fingerprint density at radius 3 is 1.88 bits per heavy atom. The van der Waals surface area contributed by atoms with Crippen molar-refractivity contribution in [2.24, 2.45) is 11.6 Å². The molecule has 0 aromatic heterocycles. The van der Waals surface area contributed by atoms with E-state index in [2.05, 4.69) is 44.1 Å². The Bertz CT molecular complexity index is 1170. The molecule has 21 nitrogen and oxygen atoms in total. The van der Waals surface area contributed by atoms with Crippen LogP contribution in [0.25, 0.3) is 0 Å². The standard InChI is InChI=1S/C26H43N9O12S/c1-29-17(9-20(37)38)23(43)33-19(11-22(41)42)25(45)34-18(10-21(39)40)24(44)32-16(13-36)3-2-7-35(28)12-15(27)4-8-47-26(46)31-6-5-30-14-48/h12-14,16-19,29H,2-11,27-28H2,1H3,(H,30,48)(H,31,46)(H,32,44)(H,33,43)(H,34,45)(H,37,38)(H,39,40)(H,41,42)/b15-12-/t16?,17?,18?,19-/m1/s1. The number of carboxylic acid groups (broad SMARTS) is 3. The summed E-state index contributed by atoms with van der Waals surface area (Å²) in [5.74, 6) is -1.90. The van der Waals surface area contributed by atoms with E-state index in [1.807, 2.05) is 0 Å². The summed E-state index contributed by atoms with van der Waals surface area (Å²) in [5, 5.41) is 42.7. The molecule has 4 amide bonds. The number of nitrogens with one attached hydrogen (secondary N) is 6. The number of alkyl carbamates (subject to hydrolysis) is 1. The predicted molar refractivity (Wildman–Crippen MR) is 169 cm³/mol. The molecular formula is C26H43N9O12S. The summed E-state index contributed by atoms with van der Waals surface area (Å²) in [6.07, 6.45) is -1.12. The molecule has 0 rings (SSSR count). The van der Waals surface area contributed by atoms with E-state index in [1.165, 1.54) is 23.7 Å². The topological polar surface area (TPSA) is 334 Å². The molecule has 0 aromatic rings. The number of thiocarbonyl (C=S) groups is 1. The van der Waals surface area contributed by atoms with Gasteiger partial charge in [-0.1, -0.05) is 12.2 Å². The average Bonchev–Trinajstić information content (AvgIpc) is 2.99. The lowest BCUT2D eigenvalue weighted by molar-refractivity contribution is -0.144. The van der Waals surface area contributed by atoms with Crippen molar-refractivity contribution in [2.45, 2.75) is 62.7 Å². The number of rotatable bonds is 26. The van der Waals surface area contributed by atoms with Crippen LogP contribution in [0.1, 0.15) is 38.5 Å². The summed E-state index contributed by atoms with van der Waals surface area (Å²) in [6, 6.07) is -6.08. The molecule has 0 fully saturated rings. The molecule has 0 aliphatic carbocycles. The fourth-order valence-corrected chi connectivity index (χ4v) is 3.83. The van der Waals surface area contributed by atoms with Gasteiger partial charge in [-0.15, -0.1) is 0 Å². The Balaban J connectivity index is 5.14. The summed E-state index contributed by atoms with van der Waals surface area (Å²) in [4.78, 5) is 95.1. The Hall–Kier alpha value is -5.09. The van der Waals surface area contributed by atoms with Crippen LogP contribution in [0.2, 0.25) is 0 Å². The number of likely N-dealkylation sites (N-methyl/N-ethyl adjacent to an activating group) is 1. The van der Waals surface area contributed by atoms with E-state index in [0.717, 1.165) is 0 Å². The predicted octanol–water partition coefficient (Wildman–Crippen LogP) is -3.93. The molecular weight excluding hydrogens is 662 g/mol. The molecule has 0 aromatic carbocycles. The molecule has 0 aliphatic rings. The van der Waals surface area contributed by atoms with Crippen LogP contribution in [0.15, 0.2) is 11.9 Å². The number of aliphatic carboxylic acids is 3. The Morgan fingerprint density at radius 2 is 1.38 bits per heavy atom. The summed E-state index contributed by atoms with van der Waals surface area (Å²) >= 11 is 4.59. The van der Waals surface area contributed by atoms with Gasteiger partial charge in [-0.05, 0) is 19.9 Å². The lowest BCUT2D eigenvalue weighted by atomic mass is 10.1. The number of amides is 4. The number of hydrogen-bond donors (Lipinski definition) is 11. The van der Waals surface area contributed by atoms with Crippen LogP contribution in [-0.4, -0.2) is 131 Å². The van der Waals surface area contributed by atoms with Crippen LogP contribution in [0.3, 0.4) is 0 Å². The third kappa shape index (κ3) is 20.1. The summed E-state index contributed by atoms with van der Waals surface area (Å²) in [5.41, 5.74) is 7.47. The SMILES string of the molecule is CNC(CC(=O)O)C(=O)N[C@H](CC(=O)O)C(=O)NC(CC(=O)O)C(=O)NC(C=O)CCCN(N)/C=C(\N)CCOC(=O)NCCNC=S. The van der Waals surface area contributed by atoms with Gasteiger partial charge in [0.2, 0.25) is 17.7 Å². The van der Waals surface area contributed by atoms with Gasteiger partial charge in [-0.25, -0.2) is 10.6 Å². The molecule has 48 heavy (non-hydrogen) atoms. The Kier molecular flexibility index (Phi) is 21.6. The van der Waals surface area contributed by atoms with Crippen molar-refractivity contribution in [3.8, 4) is 0 Å². The van der Waals surface area contributed by atoms with Crippen molar-refractivity contribution in [3.05, 3.63) is 11.9 Å². The first kappa shape index (κ1) is 42.9. The highest BCUT2D eigenvalue weighted by Crippen LogP contribution is 2.04. The molecule has 0 heterocycles. The first-order valence-electron chi connectivity index (χ1n) is 14.4. The number of nitrogens with zero attached hydrogens (tertiary/aromatic N) is 1. The largest absolute Gasteiger partial charge is 0.481 e. The van der Waals surface area contributed by atoms with E-state index in [4.69, 9.17) is 21.4 Å². The molecule has 3 unspecified atom stereocenters. The van der Waals surface area contributed by atoms with Gasteiger partial charge in [-0.2, -0.15) is 0 Å². The summed E-state index contributed by atoms with van der Waals surface area (Å²) in [6.45, 7) is 0.855. The first-order chi connectivity index (χ1) is 22.6. The second kappa shape index (κ2) is 24.1. The number of hydrogen-bond acceptors (Lipinski definition) is 14. The minimum Gasteiger partial charge on any atom is -0.481 e. The smallest absolute Gasteiger partial charge is 0.407 e. The molecule has 0 aliphatic heterocycles.